The number of benzene rings is 1. The number of anilines is 1. The zero-order valence-corrected chi connectivity index (χ0v) is 13.7. The molecule has 23 heavy (non-hydrogen) atoms. The molecule has 1 heterocycles. The fourth-order valence-electron chi connectivity index (χ4n) is 1.85. The summed E-state index contributed by atoms with van der Waals surface area (Å²) in [6.45, 7) is -0.454. The summed E-state index contributed by atoms with van der Waals surface area (Å²) in [6.07, 6.45) is 2.34. The lowest BCUT2D eigenvalue weighted by Crippen LogP contribution is -2.40. The summed E-state index contributed by atoms with van der Waals surface area (Å²) in [5.41, 5.74) is -0.245. The SMILES string of the molecule is CS(=O)(=O)N(CC(=O)NCc1ccco1)c1ccc(Cl)cc1F. The Labute approximate surface area is 137 Å². The highest BCUT2D eigenvalue weighted by atomic mass is 35.5. The summed E-state index contributed by atoms with van der Waals surface area (Å²) in [6, 6.07) is 6.86. The van der Waals surface area contributed by atoms with E-state index in [0.717, 1.165) is 12.3 Å². The highest BCUT2D eigenvalue weighted by Crippen LogP contribution is 2.24. The molecule has 1 amide bonds. The van der Waals surface area contributed by atoms with Crippen LogP contribution in [0.1, 0.15) is 5.76 Å². The highest BCUT2D eigenvalue weighted by Gasteiger charge is 2.23. The van der Waals surface area contributed by atoms with Gasteiger partial charge in [-0.1, -0.05) is 11.6 Å². The minimum Gasteiger partial charge on any atom is -0.467 e. The minimum atomic E-state index is -3.85. The Balaban J connectivity index is 2.14. The number of hydrogen-bond donors (Lipinski definition) is 1. The second-order valence-electron chi connectivity index (χ2n) is 4.72. The maximum atomic E-state index is 14.0. The largest absolute Gasteiger partial charge is 0.467 e. The van der Waals surface area contributed by atoms with E-state index in [1.165, 1.54) is 18.4 Å². The smallest absolute Gasteiger partial charge is 0.241 e. The van der Waals surface area contributed by atoms with Gasteiger partial charge in [0.25, 0.3) is 0 Å². The second kappa shape index (κ2) is 7.01. The lowest BCUT2D eigenvalue weighted by atomic mass is 10.3. The van der Waals surface area contributed by atoms with Crippen molar-refractivity contribution < 1.29 is 22.0 Å². The molecule has 0 saturated carbocycles. The summed E-state index contributed by atoms with van der Waals surface area (Å²) in [7, 11) is -3.85. The van der Waals surface area contributed by atoms with E-state index < -0.39 is 28.3 Å². The van der Waals surface area contributed by atoms with Gasteiger partial charge in [-0.15, -0.1) is 0 Å². The van der Waals surface area contributed by atoms with Crippen LogP contribution in [0.2, 0.25) is 5.02 Å². The molecule has 0 aliphatic rings. The summed E-state index contributed by atoms with van der Waals surface area (Å²) in [5.74, 6) is -0.912. The maximum Gasteiger partial charge on any atom is 0.241 e. The fraction of sp³-hybridized carbons (Fsp3) is 0.214. The molecule has 1 aromatic carbocycles. The Bertz CT molecular complexity index is 793. The van der Waals surface area contributed by atoms with Gasteiger partial charge in [-0.05, 0) is 30.3 Å². The summed E-state index contributed by atoms with van der Waals surface area (Å²) >= 11 is 5.65. The Morgan fingerprint density at radius 2 is 2.13 bits per heavy atom. The molecule has 1 aromatic heterocycles. The van der Waals surface area contributed by atoms with Crippen LogP contribution in [-0.4, -0.2) is 27.1 Å². The van der Waals surface area contributed by atoms with Gasteiger partial charge in [0.15, 0.2) is 0 Å². The standard InChI is InChI=1S/C14H14ClFN2O4S/c1-23(20,21)18(13-5-4-10(15)7-12(13)16)9-14(19)17-8-11-3-2-6-22-11/h2-7H,8-9H2,1H3,(H,17,19). The number of sulfonamides is 1. The third kappa shape index (κ3) is 4.70. The molecule has 0 atom stereocenters. The third-order valence-electron chi connectivity index (χ3n) is 2.91. The molecule has 2 rings (SSSR count). The quantitative estimate of drug-likeness (QED) is 0.856. The van der Waals surface area contributed by atoms with Crippen LogP contribution < -0.4 is 9.62 Å². The van der Waals surface area contributed by atoms with Crippen LogP contribution in [0, 0.1) is 5.82 Å². The van der Waals surface area contributed by atoms with Gasteiger partial charge in [0.1, 0.15) is 18.1 Å². The molecule has 0 radical (unpaired) electrons. The molecule has 0 fully saturated rings. The highest BCUT2D eigenvalue weighted by molar-refractivity contribution is 7.92. The summed E-state index contributed by atoms with van der Waals surface area (Å²) < 4.78 is 43.4. The van der Waals surface area contributed by atoms with Crippen LogP contribution >= 0.6 is 11.6 Å². The van der Waals surface area contributed by atoms with Gasteiger partial charge in [0.2, 0.25) is 15.9 Å². The van der Waals surface area contributed by atoms with Crippen LogP contribution in [0.3, 0.4) is 0 Å². The molecule has 2 aromatic rings. The number of furan rings is 1. The fourth-order valence-corrected chi connectivity index (χ4v) is 2.87. The van der Waals surface area contributed by atoms with E-state index in [0.29, 0.717) is 10.1 Å². The molecule has 0 saturated heterocycles. The van der Waals surface area contributed by atoms with Gasteiger partial charge in [-0.2, -0.15) is 0 Å². The van der Waals surface area contributed by atoms with E-state index in [1.54, 1.807) is 12.1 Å². The first-order valence-corrected chi connectivity index (χ1v) is 8.72. The average molecular weight is 361 g/mol. The van der Waals surface area contributed by atoms with E-state index in [1.807, 2.05) is 0 Å². The molecule has 0 spiro atoms. The third-order valence-corrected chi connectivity index (χ3v) is 4.27. The molecule has 9 heteroatoms. The van der Waals surface area contributed by atoms with Crippen molar-refractivity contribution in [3.05, 3.63) is 53.2 Å². The normalized spacial score (nSPS) is 11.3. The molecule has 0 aliphatic heterocycles. The van der Waals surface area contributed by atoms with E-state index >= 15 is 0 Å². The topological polar surface area (TPSA) is 79.6 Å². The Hall–Kier alpha value is -2.06. The van der Waals surface area contributed by atoms with E-state index in [9.17, 15) is 17.6 Å². The van der Waals surface area contributed by atoms with Crippen molar-refractivity contribution in [1.82, 2.24) is 5.32 Å². The molecule has 6 nitrogen and oxygen atoms in total. The van der Waals surface area contributed by atoms with Crippen molar-refractivity contribution in [2.24, 2.45) is 0 Å². The molecule has 124 valence electrons. The predicted octanol–water partition coefficient (Wildman–Crippen LogP) is 2.15. The van der Waals surface area contributed by atoms with Crippen molar-refractivity contribution in [3.63, 3.8) is 0 Å². The number of carbonyl (C=O) groups is 1. The molecule has 0 bridgehead atoms. The van der Waals surface area contributed by atoms with Gasteiger partial charge in [0, 0.05) is 5.02 Å². The number of hydrogen-bond acceptors (Lipinski definition) is 4. The first kappa shape index (κ1) is 17.3. The van der Waals surface area contributed by atoms with Crippen molar-refractivity contribution in [3.8, 4) is 0 Å². The number of nitrogens with zero attached hydrogens (tertiary/aromatic N) is 1. The lowest BCUT2D eigenvalue weighted by Gasteiger charge is -2.22. The Morgan fingerprint density at radius 1 is 1.39 bits per heavy atom. The zero-order valence-electron chi connectivity index (χ0n) is 12.1. The van der Waals surface area contributed by atoms with E-state index in [-0.39, 0.29) is 17.3 Å². The van der Waals surface area contributed by atoms with Gasteiger partial charge in [0.05, 0.1) is 24.8 Å². The first-order chi connectivity index (χ1) is 10.8. The van der Waals surface area contributed by atoms with Crippen LogP contribution in [0.5, 0.6) is 0 Å². The number of nitrogens with one attached hydrogen (secondary N) is 1. The first-order valence-electron chi connectivity index (χ1n) is 6.49. The van der Waals surface area contributed by atoms with Gasteiger partial charge < -0.3 is 9.73 Å². The van der Waals surface area contributed by atoms with Crippen molar-refractivity contribution in [2.45, 2.75) is 6.54 Å². The predicted molar refractivity (Wildman–Crippen MR) is 84.2 cm³/mol. The number of halogens is 2. The Morgan fingerprint density at radius 3 is 2.70 bits per heavy atom. The second-order valence-corrected chi connectivity index (χ2v) is 7.06. The summed E-state index contributed by atoms with van der Waals surface area (Å²) in [4.78, 5) is 11.9. The van der Waals surface area contributed by atoms with Crippen LogP contribution in [0.25, 0.3) is 0 Å². The molecule has 0 unspecified atom stereocenters. The van der Waals surface area contributed by atoms with Gasteiger partial charge >= 0.3 is 0 Å². The minimum absolute atomic E-state index is 0.104. The maximum absolute atomic E-state index is 14.0. The van der Waals surface area contributed by atoms with Crippen LogP contribution in [0.4, 0.5) is 10.1 Å². The van der Waals surface area contributed by atoms with Crippen molar-refractivity contribution >= 4 is 33.2 Å². The Kier molecular flexibility index (Phi) is 5.27. The van der Waals surface area contributed by atoms with E-state index in [4.69, 9.17) is 16.0 Å². The van der Waals surface area contributed by atoms with Crippen molar-refractivity contribution in [1.29, 1.82) is 0 Å². The lowest BCUT2D eigenvalue weighted by molar-refractivity contribution is -0.119. The average Bonchev–Trinajstić information content (AvgIpc) is 2.95. The van der Waals surface area contributed by atoms with Crippen LogP contribution in [-0.2, 0) is 21.4 Å². The zero-order chi connectivity index (χ0) is 17.0. The van der Waals surface area contributed by atoms with Gasteiger partial charge in [-0.25, -0.2) is 12.8 Å². The van der Waals surface area contributed by atoms with Crippen molar-refractivity contribution in [2.75, 3.05) is 17.1 Å². The molecular weight excluding hydrogens is 347 g/mol. The number of rotatable bonds is 6. The molecular formula is C14H14ClFN2O4S. The van der Waals surface area contributed by atoms with Gasteiger partial charge in [-0.3, -0.25) is 9.10 Å². The number of carbonyl (C=O) groups excluding carboxylic acids is 1. The molecule has 0 aliphatic carbocycles. The van der Waals surface area contributed by atoms with Crippen LogP contribution in [0.15, 0.2) is 41.0 Å². The molecule has 1 N–H and O–H groups in total. The summed E-state index contributed by atoms with van der Waals surface area (Å²) in [5, 5.41) is 2.63. The van der Waals surface area contributed by atoms with E-state index in [2.05, 4.69) is 5.32 Å². The number of amides is 1. The monoisotopic (exact) mass is 360 g/mol.